The number of hydrogen-bond acceptors (Lipinski definition) is 9. The van der Waals surface area contributed by atoms with Crippen LogP contribution in [0.1, 0.15) is 6.92 Å². The van der Waals surface area contributed by atoms with Crippen molar-refractivity contribution >= 4 is 23.6 Å². The Morgan fingerprint density at radius 3 is 1.87 bits per heavy atom. The SMILES string of the molecule is CNCCN(C)C(=O)CNCOCCNC(=O)CNCOCCNC(=O)CNC(C)=O. The smallest absolute Gasteiger partial charge is 0.239 e. The van der Waals surface area contributed by atoms with Gasteiger partial charge in [0.2, 0.25) is 23.6 Å². The van der Waals surface area contributed by atoms with E-state index in [0.29, 0.717) is 26.2 Å². The van der Waals surface area contributed by atoms with Crippen molar-refractivity contribution in [1.82, 2.24) is 36.8 Å². The van der Waals surface area contributed by atoms with Crippen LogP contribution in [0, 0.1) is 0 Å². The van der Waals surface area contributed by atoms with Gasteiger partial charge in [0.1, 0.15) is 0 Å². The zero-order chi connectivity index (χ0) is 23.3. The van der Waals surface area contributed by atoms with Gasteiger partial charge in [0.15, 0.2) is 0 Å². The van der Waals surface area contributed by atoms with E-state index < -0.39 is 0 Å². The van der Waals surface area contributed by atoms with Gasteiger partial charge in [-0.05, 0) is 7.05 Å². The molecular weight excluding hydrogens is 410 g/mol. The van der Waals surface area contributed by atoms with Gasteiger partial charge in [0.25, 0.3) is 0 Å². The lowest BCUT2D eigenvalue weighted by Gasteiger charge is -2.17. The second kappa shape index (κ2) is 19.6. The second-order valence-electron chi connectivity index (χ2n) is 6.49. The summed E-state index contributed by atoms with van der Waals surface area (Å²) >= 11 is 0. The van der Waals surface area contributed by atoms with Crippen molar-refractivity contribution in [2.24, 2.45) is 0 Å². The number of ether oxygens (including phenoxy) is 2. The van der Waals surface area contributed by atoms with Gasteiger partial charge in [-0.25, -0.2) is 0 Å². The van der Waals surface area contributed by atoms with Gasteiger partial charge < -0.3 is 35.6 Å². The Morgan fingerprint density at radius 1 is 0.774 bits per heavy atom. The van der Waals surface area contributed by atoms with Gasteiger partial charge in [-0.15, -0.1) is 0 Å². The van der Waals surface area contributed by atoms with Crippen molar-refractivity contribution in [3.8, 4) is 0 Å². The third-order valence-corrected chi connectivity index (χ3v) is 3.73. The average Bonchev–Trinajstić information content (AvgIpc) is 2.74. The van der Waals surface area contributed by atoms with Crippen LogP contribution in [0.15, 0.2) is 0 Å². The summed E-state index contributed by atoms with van der Waals surface area (Å²) in [6, 6.07) is 0. The Bertz CT molecular complexity index is 536. The number of amides is 4. The highest BCUT2D eigenvalue weighted by atomic mass is 16.5. The van der Waals surface area contributed by atoms with Crippen molar-refractivity contribution in [2.45, 2.75) is 6.92 Å². The van der Waals surface area contributed by atoms with E-state index in [0.717, 1.165) is 6.54 Å². The largest absolute Gasteiger partial charge is 0.364 e. The average molecular weight is 448 g/mol. The summed E-state index contributed by atoms with van der Waals surface area (Å²) in [5.74, 6) is -0.794. The molecule has 0 saturated heterocycles. The Morgan fingerprint density at radius 2 is 1.32 bits per heavy atom. The molecule has 31 heavy (non-hydrogen) atoms. The molecule has 0 aliphatic carbocycles. The molecule has 4 amide bonds. The molecule has 180 valence electrons. The summed E-state index contributed by atoms with van der Waals surface area (Å²) in [6.45, 7) is 4.52. The first-order chi connectivity index (χ1) is 14.9. The lowest BCUT2D eigenvalue weighted by Crippen LogP contribution is -2.40. The summed E-state index contributed by atoms with van der Waals surface area (Å²) < 4.78 is 10.5. The van der Waals surface area contributed by atoms with E-state index in [2.05, 4.69) is 31.9 Å². The van der Waals surface area contributed by atoms with Gasteiger partial charge in [0.05, 0.1) is 46.3 Å². The van der Waals surface area contributed by atoms with Crippen molar-refractivity contribution in [1.29, 1.82) is 0 Å². The Balaban J connectivity index is 3.43. The normalized spacial score (nSPS) is 10.4. The number of rotatable bonds is 19. The number of nitrogens with one attached hydrogen (secondary N) is 6. The Kier molecular flexibility index (Phi) is 18.2. The molecule has 13 nitrogen and oxygen atoms in total. The summed E-state index contributed by atoms with van der Waals surface area (Å²) in [6.07, 6.45) is 0. The molecule has 0 saturated carbocycles. The molecule has 13 heteroatoms. The molecule has 0 bridgehead atoms. The molecule has 0 spiro atoms. The predicted molar refractivity (Wildman–Crippen MR) is 114 cm³/mol. The third kappa shape index (κ3) is 19.4. The zero-order valence-electron chi connectivity index (χ0n) is 18.7. The first-order valence-corrected chi connectivity index (χ1v) is 10.1. The minimum absolute atomic E-state index is 0.0205. The maximum Gasteiger partial charge on any atom is 0.239 e. The molecule has 0 fully saturated rings. The fraction of sp³-hybridized carbons (Fsp3) is 0.778. The zero-order valence-corrected chi connectivity index (χ0v) is 18.7. The third-order valence-electron chi connectivity index (χ3n) is 3.73. The van der Waals surface area contributed by atoms with E-state index in [9.17, 15) is 19.2 Å². The van der Waals surface area contributed by atoms with E-state index >= 15 is 0 Å². The van der Waals surface area contributed by atoms with Crippen LogP contribution in [0.3, 0.4) is 0 Å². The minimum Gasteiger partial charge on any atom is -0.364 e. The van der Waals surface area contributed by atoms with Crippen LogP contribution in [-0.2, 0) is 28.7 Å². The summed E-state index contributed by atoms with van der Waals surface area (Å²) in [5.41, 5.74) is 0. The van der Waals surface area contributed by atoms with Crippen LogP contribution < -0.4 is 31.9 Å². The highest BCUT2D eigenvalue weighted by Crippen LogP contribution is 1.82. The van der Waals surface area contributed by atoms with E-state index in [4.69, 9.17) is 9.47 Å². The van der Waals surface area contributed by atoms with E-state index in [1.54, 1.807) is 11.9 Å². The first-order valence-electron chi connectivity index (χ1n) is 10.1. The molecule has 0 aromatic carbocycles. The molecule has 0 heterocycles. The second-order valence-corrected chi connectivity index (χ2v) is 6.49. The molecule has 0 aromatic rings. The highest BCUT2D eigenvalue weighted by Gasteiger charge is 2.07. The van der Waals surface area contributed by atoms with Crippen molar-refractivity contribution in [3.05, 3.63) is 0 Å². The standard InChI is InChI=1S/C18H37N7O6/c1-15(26)24-11-17(28)23-6-9-30-13-20-10-16(27)22-5-8-31-14-21-12-18(29)25(3)7-4-19-2/h19-21H,4-14H2,1-3H3,(H,22,27)(H,23,28)(H,24,26). The van der Waals surface area contributed by atoms with Crippen LogP contribution in [0.4, 0.5) is 0 Å². The fourth-order valence-corrected chi connectivity index (χ4v) is 2.01. The molecule has 0 radical (unpaired) electrons. The van der Waals surface area contributed by atoms with Crippen LogP contribution in [0.25, 0.3) is 0 Å². The molecule has 6 N–H and O–H groups in total. The molecule has 0 aliphatic heterocycles. The quantitative estimate of drug-likeness (QED) is 0.0860. The fourth-order valence-electron chi connectivity index (χ4n) is 2.01. The number of carbonyl (C=O) groups excluding carboxylic acids is 4. The summed E-state index contributed by atoms with van der Waals surface area (Å²) in [7, 11) is 3.57. The van der Waals surface area contributed by atoms with Crippen molar-refractivity contribution < 1.29 is 28.7 Å². The van der Waals surface area contributed by atoms with Gasteiger partial charge >= 0.3 is 0 Å². The van der Waals surface area contributed by atoms with Crippen molar-refractivity contribution in [3.63, 3.8) is 0 Å². The molecule has 0 aromatic heterocycles. The maximum absolute atomic E-state index is 11.8. The summed E-state index contributed by atoms with van der Waals surface area (Å²) in [5, 5.41) is 16.3. The molecule has 0 aliphatic rings. The number of likely N-dealkylation sites (N-methyl/N-ethyl adjacent to an activating group) is 2. The minimum atomic E-state index is -0.299. The molecule has 0 atom stereocenters. The monoisotopic (exact) mass is 447 g/mol. The highest BCUT2D eigenvalue weighted by molar-refractivity contribution is 5.83. The summed E-state index contributed by atoms with van der Waals surface area (Å²) in [4.78, 5) is 47.0. The van der Waals surface area contributed by atoms with Gasteiger partial charge in [-0.3, -0.25) is 29.8 Å². The van der Waals surface area contributed by atoms with Gasteiger partial charge in [0, 0.05) is 40.2 Å². The van der Waals surface area contributed by atoms with Crippen LogP contribution in [-0.4, -0.2) is 115 Å². The molecule has 0 rings (SSSR count). The van der Waals surface area contributed by atoms with Gasteiger partial charge in [-0.2, -0.15) is 0 Å². The first kappa shape index (κ1) is 28.7. The predicted octanol–water partition coefficient (Wildman–Crippen LogP) is -3.84. The van der Waals surface area contributed by atoms with Crippen LogP contribution >= 0.6 is 0 Å². The number of nitrogens with zero attached hydrogens (tertiary/aromatic N) is 1. The van der Waals surface area contributed by atoms with E-state index in [1.165, 1.54) is 6.92 Å². The Labute approximate surface area is 183 Å². The topological polar surface area (TPSA) is 162 Å². The lowest BCUT2D eigenvalue weighted by atomic mass is 10.5. The van der Waals surface area contributed by atoms with E-state index in [1.807, 2.05) is 7.05 Å². The Hall–Kier alpha value is -2.32. The van der Waals surface area contributed by atoms with E-state index in [-0.39, 0.29) is 63.3 Å². The van der Waals surface area contributed by atoms with Crippen molar-refractivity contribution in [2.75, 3.05) is 86.6 Å². The van der Waals surface area contributed by atoms with Crippen LogP contribution in [0.5, 0.6) is 0 Å². The molecular formula is C18H37N7O6. The number of carbonyl (C=O) groups is 4. The van der Waals surface area contributed by atoms with Gasteiger partial charge in [-0.1, -0.05) is 0 Å². The maximum atomic E-state index is 11.8. The number of hydrogen-bond donors (Lipinski definition) is 6. The van der Waals surface area contributed by atoms with Crippen LogP contribution in [0.2, 0.25) is 0 Å². The lowest BCUT2D eigenvalue weighted by molar-refractivity contribution is -0.129. The molecule has 0 unspecified atom stereocenters.